The third-order valence-electron chi connectivity index (χ3n) is 3.98. The van der Waals surface area contributed by atoms with E-state index >= 15 is 0 Å². The predicted octanol–water partition coefficient (Wildman–Crippen LogP) is 1.69. The lowest BCUT2D eigenvalue weighted by atomic mass is 10.1. The lowest BCUT2D eigenvalue weighted by Crippen LogP contribution is -2.30. The number of anilines is 1. The minimum atomic E-state index is -0.489. The minimum Gasteiger partial charge on any atom is -0.367 e. The first kappa shape index (κ1) is 15.3. The third-order valence-corrected chi connectivity index (χ3v) is 3.98. The van der Waals surface area contributed by atoms with E-state index in [1.807, 2.05) is 36.4 Å². The van der Waals surface area contributed by atoms with Crippen molar-refractivity contribution < 1.29 is 4.79 Å². The van der Waals surface area contributed by atoms with Crippen LogP contribution in [0.3, 0.4) is 0 Å². The Hall–Kier alpha value is -3.29. The van der Waals surface area contributed by atoms with Gasteiger partial charge in [-0.15, -0.1) is 10.2 Å². The Bertz CT molecular complexity index is 829. The number of aromatic nitrogens is 5. The molecule has 8 heteroatoms. The lowest BCUT2D eigenvalue weighted by molar-refractivity contribution is 0.0941. The molecular formula is C17H17N7O. The van der Waals surface area contributed by atoms with Gasteiger partial charge in [-0.05, 0) is 30.5 Å². The van der Waals surface area contributed by atoms with Crippen molar-refractivity contribution >= 4 is 11.7 Å². The molecule has 8 nitrogen and oxygen atoms in total. The van der Waals surface area contributed by atoms with Gasteiger partial charge in [0.2, 0.25) is 5.82 Å². The molecule has 0 bridgehead atoms. The number of tetrazole rings is 1. The third kappa shape index (κ3) is 3.63. The lowest BCUT2D eigenvalue weighted by Gasteiger charge is -2.16. The van der Waals surface area contributed by atoms with Crippen LogP contribution in [0.1, 0.15) is 40.6 Å². The number of hydrogen-bond acceptors (Lipinski definition) is 6. The summed E-state index contributed by atoms with van der Waals surface area (Å²) in [5, 5.41) is 20.3. The van der Waals surface area contributed by atoms with Gasteiger partial charge in [-0.25, -0.2) is 4.98 Å². The molecule has 4 rings (SSSR count). The Morgan fingerprint density at radius 3 is 2.64 bits per heavy atom. The molecule has 0 spiro atoms. The Morgan fingerprint density at radius 1 is 1.16 bits per heavy atom. The van der Waals surface area contributed by atoms with Crippen molar-refractivity contribution in [3.8, 4) is 0 Å². The Balaban J connectivity index is 1.52. The van der Waals surface area contributed by atoms with Crippen molar-refractivity contribution in [2.45, 2.75) is 24.9 Å². The van der Waals surface area contributed by atoms with Crippen LogP contribution in [0.4, 0.5) is 5.82 Å². The van der Waals surface area contributed by atoms with Crippen LogP contribution in [0.5, 0.6) is 0 Å². The van der Waals surface area contributed by atoms with Gasteiger partial charge in [0.25, 0.3) is 5.91 Å². The van der Waals surface area contributed by atoms with E-state index in [1.165, 1.54) is 12.8 Å². The number of carbonyl (C=O) groups excluding carboxylic acids is 1. The van der Waals surface area contributed by atoms with Gasteiger partial charge >= 0.3 is 0 Å². The molecule has 1 unspecified atom stereocenters. The quantitative estimate of drug-likeness (QED) is 0.632. The van der Waals surface area contributed by atoms with Crippen molar-refractivity contribution in [2.75, 3.05) is 5.32 Å². The highest BCUT2D eigenvalue weighted by atomic mass is 16.1. The molecule has 2 heterocycles. The fourth-order valence-electron chi connectivity index (χ4n) is 2.50. The molecule has 0 radical (unpaired) electrons. The van der Waals surface area contributed by atoms with Crippen molar-refractivity contribution in [2.24, 2.45) is 0 Å². The van der Waals surface area contributed by atoms with Crippen molar-refractivity contribution in [3.63, 3.8) is 0 Å². The average Bonchev–Trinajstić information content (AvgIpc) is 3.30. The zero-order valence-electron chi connectivity index (χ0n) is 13.4. The van der Waals surface area contributed by atoms with E-state index < -0.39 is 6.04 Å². The average molecular weight is 335 g/mol. The molecule has 1 saturated carbocycles. The van der Waals surface area contributed by atoms with E-state index in [2.05, 4.69) is 36.2 Å². The molecule has 126 valence electrons. The standard InChI is InChI=1S/C17H17N7O/c25-17(12-6-9-14(18-10-12)19-13-7-8-13)20-15(16-21-23-24-22-16)11-4-2-1-3-5-11/h1-6,9-10,13,15H,7-8H2,(H,18,19)(H,20,25)(H,21,22,23,24). The Kier molecular flexibility index (Phi) is 4.07. The van der Waals surface area contributed by atoms with Crippen molar-refractivity contribution in [3.05, 3.63) is 65.6 Å². The van der Waals surface area contributed by atoms with Crippen LogP contribution in [0.2, 0.25) is 0 Å². The molecular weight excluding hydrogens is 318 g/mol. The van der Waals surface area contributed by atoms with Crippen LogP contribution < -0.4 is 10.6 Å². The first-order valence-corrected chi connectivity index (χ1v) is 8.11. The van der Waals surface area contributed by atoms with Crippen molar-refractivity contribution in [1.29, 1.82) is 0 Å². The highest BCUT2D eigenvalue weighted by Crippen LogP contribution is 2.23. The van der Waals surface area contributed by atoms with E-state index in [0.717, 1.165) is 11.4 Å². The van der Waals surface area contributed by atoms with Gasteiger partial charge in [-0.1, -0.05) is 35.5 Å². The van der Waals surface area contributed by atoms with Gasteiger partial charge in [0.15, 0.2) is 0 Å². The zero-order chi connectivity index (χ0) is 17.1. The number of rotatable bonds is 6. The van der Waals surface area contributed by atoms with E-state index in [4.69, 9.17) is 0 Å². The highest BCUT2D eigenvalue weighted by Gasteiger charge is 2.23. The molecule has 2 aromatic heterocycles. The summed E-state index contributed by atoms with van der Waals surface area (Å²) in [4.78, 5) is 16.9. The summed E-state index contributed by atoms with van der Waals surface area (Å²) in [5.41, 5.74) is 1.35. The monoisotopic (exact) mass is 335 g/mol. The van der Waals surface area contributed by atoms with Gasteiger partial charge in [-0.3, -0.25) is 4.79 Å². The minimum absolute atomic E-state index is 0.246. The Labute approximate surface area is 144 Å². The van der Waals surface area contributed by atoms with Crippen LogP contribution in [0.15, 0.2) is 48.7 Å². The second kappa shape index (κ2) is 6.68. The Morgan fingerprint density at radius 2 is 2.00 bits per heavy atom. The maximum absolute atomic E-state index is 12.6. The number of carbonyl (C=O) groups is 1. The molecule has 1 atom stereocenters. The highest BCUT2D eigenvalue weighted by molar-refractivity contribution is 5.94. The summed E-state index contributed by atoms with van der Waals surface area (Å²) < 4.78 is 0. The fourth-order valence-corrected chi connectivity index (χ4v) is 2.50. The normalized spacial score (nSPS) is 14.7. The second-order valence-corrected chi connectivity index (χ2v) is 5.94. The molecule has 1 aliphatic rings. The van der Waals surface area contributed by atoms with Gasteiger partial charge < -0.3 is 10.6 Å². The maximum atomic E-state index is 12.6. The van der Waals surface area contributed by atoms with Crippen LogP contribution >= 0.6 is 0 Å². The van der Waals surface area contributed by atoms with Crippen LogP contribution in [-0.4, -0.2) is 37.6 Å². The molecule has 1 aliphatic carbocycles. The number of H-pyrrole nitrogens is 1. The van der Waals surface area contributed by atoms with E-state index in [0.29, 0.717) is 17.4 Å². The second-order valence-electron chi connectivity index (χ2n) is 5.94. The maximum Gasteiger partial charge on any atom is 0.253 e. The topological polar surface area (TPSA) is 108 Å². The number of amides is 1. The molecule has 3 aromatic rings. The number of nitrogens with one attached hydrogen (secondary N) is 3. The van der Waals surface area contributed by atoms with Gasteiger partial charge in [0.05, 0.1) is 5.56 Å². The molecule has 0 aliphatic heterocycles. The van der Waals surface area contributed by atoms with Crippen LogP contribution in [0, 0.1) is 0 Å². The molecule has 0 saturated heterocycles. The SMILES string of the molecule is O=C(NC(c1ccccc1)c1nn[nH]n1)c1ccc(NC2CC2)nc1. The van der Waals surface area contributed by atoms with Gasteiger partial charge in [0, 0.05) is 12.2 Å². The summed E-state index contributed by atoms with van der Waals surface area (Å²) in [6.45, 7) is 0. The molecule has 25 heavy (non-hydrogen) atoms. The molecule has 1 amide bonds. The van der Waals surface area contributed by atoms with Gasteiger partial charge in [0.1, 0.15) is 11.9 Å². The number of nitrogens with zero attached hydrogens (tertiary/aromatic N) is 4. The number of benzene rings is 1. The number of pyridine rings is 1. The van der Waals surface area contributed by atoms with Crippen LogP contribution in [-0.2, 0) is 0 Å². The summed E-state index contributed by atoms with van der Waals surface area (Å²) in [5.74, 6) is 0.945. The van der Waals surface area contributed by atoms with Crippen LogP contribution in [0.25, 0.3) is 0 Å². The largest absolute Gasteiger partial charge is 0.367 e. The molecule has 3 N–H and O–H groups in total. The van der Waals surface area contributed by atoms with E-state index in [-0.39, 0.29) is 5.91 Å². The molecule has 1 aromatic carbocycles. The number of aromatic amines is 1. The summed E-state index contributed by atoms with van der Waals surface area (Å²) >= 11 is 0. The zero-order valence-corrected chi connectivity index (χ0v) is 13.4. The first-order valence-electron chi connectivity index (χ1n) is 8.11. The first-order chi connectivity index (χ1) is 12.3. The molecule has 1 fully saturated rings. The van der Waals surface area contributed by atoms with E-state index in [1.54, 1.807) is 12.3 Å². The van der Waals surface area contributed by atoms with Crippen molar-refractivity contribution in [1.82, 2.24) is 30.9 Å². The summed E-state index contributed by atoms with van der Waals surface area (Å²) in [6.07, 6.45) is 3.92. The predicted molar refractivity (Wildman–Crippen MR) is 90.8 cm³/mol. The smallest absolute Gasteiger partial charge is 0.253 e. The van der Waals surface area contributed by atoms with E-state index in [9.17, 15) is 4.79 Å². The fraction of sp³-hybridized carbons (Fsp3) is 0.235. The van der Waals surface area contributed by atoms with Gasteiger partial charge in [-0.2, -0.15) is 5.21 Å². The summed E-state index contributed by atoms with van der Waals surface area (Å²) in [7, 11) is 0. The summed E-state index contributed by atoms with van der Waals surface area (Å²) in [6, 6.07) is 13.1. The number of hydrogen-bond donors (Lipinski definition) is 3.